The number of likely N-dealkylation sites (tertiary alicyclic amines) is 1. The summed E-state index contributed by atoms with van der Waals surface area (Å²) in [6.45, 7) is 7.91. The second kappa shape index (κ2) is 12.4. The number of carboxylic acid groups (broad SMARTS) is 1. The first-order chi connectivity index (χ1) is 20.0. The molecule has 0 radical (unpaired) electrons. The minimum atomic E-state index is -0.961. The molecular weight excluding hydrogens is 538 g/mol. The van der Waals surface area contributed by atoms with Crippen LogP contribution in [0, 0.1) is 12.8 Å². The van der Waals surface area contributed by atoms with Crippen molar-refractivity contribution in [3.8, 4) is 17.0 Å². The summed E-state index contributed by atoms with van der Waals surface area (Å²) in [5, 5.41) is 11.8. The normalized spacial score (nSPS) is 19.2. The summed E-state index contributed by atoms with van der Waals surface area (Å²) in [4.78, 5) is 20.9. The summed E-state index contributed by atoms with van der Waals surface area (Å²) in [5.41, 5.74) is 5.39. The Hall–Kier alpha value is -3.13. The van der Waals surface area contributed by atoms with E-state index in [1.54, 1.807) is 0 Å². The fourth-order valence-electron chi connectivity index (χ4n) is 6.27. The predicted molar refractivity (Wildman–Crippen MR) is 158 cm³/mol. The SMILES string of the molecule is Cc1cc(C2CCN(C3COC3)CC2)ccc1COc1c(Cl)cccc1-c1cccc(N2CCC(C(=O)[O-])CC2)n1. The van der Waals surface area contributed by atoms with Gasteiger partial charge in [-0.05, 0) is 92.6 Å². The average Bonchev–Trinajstić information content (AvgIpc) is 2.96. The lowest BCUT2D eigenvalue weighted by Crippen LogP contribution is -2.51. The second-order valence-corrected chi connectivity index (χ2v) is 12.0. The third kappa shape index (κ3) is 6.22. The molecule has 2 aromatic carbocycles. The van der Waals surface area contributed by atoms with E-state index in [0.717, 1.165) is 48.9 Å². The number of aryl methyl sites for hydroxylation is 1. The van der Waals surface area contributed by atoms with Crippen LogP contribution in [0.3, 0.4) is 0 Å². The van der Waals surface area contributed by atoms with Crippen LogP contribution in [0.4, 0.5) is 5.82 Å². The van der Waals surface area contributed by atoms with Gasteiger partial charge in [-0.2, -0.15) is 0 Å². The summed E-state index contributed by atoms with van der Waals surface area (Å²) in [5.74, 6) is 0.688. The standard InChI is InChI=1S/C33H38ClN3O4/c1-22-18-25(23-10-14-36(15-11-23)27-20-40-21-27)8-9-26(22)19-41-32-28(4-2-5-29(32)34)30-6-3-7-31(35-30)37-16-12-24(13-17-37)33(38)39/h2-9,18,23-24,27H,10-17,19-21H2,1H3,(H,38,39)/p-1. The molecule has 0 amide bonds. The second-order valence-electron chi connectivity index (χ2n) is 11.6. The van der Waals surface area contributed by atoms with Crippen molar-refractivity contribution in [1.82, 2.24) is 9.88 Å². The number of benzene rings is 2. The Labute approximate surface area is 247 Å². The number of piperidine rings is 2. The first-order valence-corrected chi connectivity index (χ1v) is 15.1. The Morgan fingerprint density at radius 1 is 1.02 bits per heavy atom. The molecular formula is C33H37ClN3O4-. The number of hydrogen-bond donors (Lipinski definition) is 0. The molecule has 8 heteroatoms. The number of carbonyl (C=O) groups excluding carboxylic acids is 1. The third-order valence-electron chi connectivity index (χ3n) is 9.01. The first-order valence-electron chi connectivity index (χ1n) is 14.7. The number of anilines is 1. The molecule has 4 heterocycles. The number of hydrogen-bond acceptors (Lipinski definition) is 7. The van der Waals surface area contributed by atoms with E-state index in [9.17, 15) is 9.90 Å². The zero-order valence-corrected chi connectivity index (χ0v) is 24.3. The van der Waals surface area contributed by atoms with Gasteiger partial charge in [0.1, 0.15) is 18.2 Å². The van der Waals surface area contributed by atoms with E-state index in [0.29, 0.717) is 55.3 Å². The van der Waals surface area contributed by atoms with Crippen LogP contribution >= 0.6 is 11.6 Å². The molecule has 0 aliphatic carbocycles. The number of para-hydroxylation sites is 1. The van der Waals surface area contributed by atoms with Crippen molar-refractivity contribution in [2.24, 2.45) is 5.92 Å². The summed E-state index contributed by atoms with van der Waals surface area (Å²) < 4.78 is 11.8. The molecule has 3 aliphatic heterocycles. The van der Waals surface area contributed by atoms with Gasteiger partial charge in [-0.1, -0.05) is 41.9 Å². The minimum Gasteiger partial charge on any atom is -0.550 e. The summed E-state index contributed by atoms with van der Waals surface area (Å²) >= 11 is 6.66. The maximum Gasteiger partial charge on any atom is 0.147 e. The summed E-state index contributed by atoms with van der Waals surface area (Å²) in [6, 6.07) is 19.0. The lowest BCUT2D eigenvalue weighted by Gasteiger charge is -2.41. The molecule has 3 saturated heterocycles. The van der Waals surface area contributed by atoms with E-state index in [-0.39, 0.29) is 5.92 Å². The van der Waals surface area contributed by atoms with Crippen LogP contribution in [0.5, 0.6) is 5.75 Å². The topological polar surface area (TPSA) is 78.0 Å². The Morgan fingerprint density at radius 3 is 2.46 bits per heavy atom. The van der Waals surface area contributed by atoms with Gasteiger partial charge >= 0.3 is 0 Å². The highest BCUT2D eigenvalue weighted by Crippen LogP contribution is 2.37. The number of rotatable bonds is 8. The molecule has 41 heavy (non-hydrogen) atoms. The molecule has 0 saturated carbocycles. The highest BCUT2D eigenvalue weighted by atomic mass is 35.5. The van der Waals surface area contributed by atoms with Crippen LogP contribution in [0.25, 0.3) is 11.3 Å². The van der Waals surface area contributed by atoms with Gasteiger partial charge in [0.05, 0.1) is 30.0 Å². The smallest absolute Gasteiger partial charge is 0.147 e. The highest BCUT2D eigenvalue weighted by Gasteiger charge is 2.30. The van der Waals surface area contributed by atoms with E-state index in [1.165, 1.54) is 24.0 Å². The molecule has 3 aromatic rings. The fourth-order valence-corrected chi connectivity index (χ4v) is 6.50. The van der Waals surface area contributed by atoms with Gasteiger partial charge < -0.3 is 24.3 Å². The number of aliphatic carboxylic acids is 1. The number of aromatic nitrogens is 1. The largest absolute Gasteiger partial charge is 0.550 e. The molecule has 7 nitrogen and oxygen atoms in total. The molecule has 3 fully saturated rings. The van der Waals surface area contributed by atoms with Gasteiger partial charge in [0, 0.05) is 30.5 Å². The number of halogens is 1. The van der Waals surface area contributed by atoms with E-state index < -0.39 is 5.97 Å². The average molecular weight is 575 g/mol. The van der Waals surface area contributed by atoms with E-state index in [4.69, 9.17) is 26.1 Å². The lowest BCUT2D eigenvalue weighted by molar-refractivity contribution is -0.312. The Kier molecular flexibility index (Phi) is 8.47. The van der Waals surface area contributed by atoms with Crippen LogP contribution in [0.15, 0.2) is 54.6 Å². The quantitative estimate of drug-likeness (QED) is 0.381. The monoisotopic (exact) mass is 574 g/mol. The van der Waals surface area contributed by atoms with Crippen molar-refractivity contribution < 1.29 is 19.4 Å². The minimum absolute atomic E-state index is 0.389. The van der Waals surface area contributed by atoms with Crippen molar-refractivity contribution in [2.45, 2.75) is 51.2 Å². The molecule has 0 spiro atoms. The molecule has 1 aromatic heterocycles. The molecule has 0 N–H and O–H groups in total. The van der Waals surface area contributed by atoms with Crippen molar-refractivity contribution >= 4 is 23.4 Å². The van der Waals surface area contributed by atoms with Gasteiger partial charge in [-0.25, -0.2) is 4.98 Å². The zero-order chi connectivity index (χ0) is 28.3. The number of carbonyl (C=O) groups is 1. The lowest BCUT2D eigenvalue weighted by atomic mass is 9.87. The summed E-state index contributed by atoms with van der Waals surface area (Å²) in [7, 11) is 0. The molecule has 3 aliphatic rings. The van der Waals surface area contributed by atoms with Crippen LogP contribution in [0.2, 0.25) is 5.02 Å². The number of nitrogens with zero attached hydrogens (tertiary/aromatic N) is 3. The van der Waals surface area contributed by atoms with Gasteiger partial charge in [-0.15, -0.1) is 0 Å². The van der Waals surface area contributed by atoms with E-state index >= 15 is 0 Å². The molecule has 0 bridgehead atoms. The van der Waals surface area contributed by atoms with E-state index in [1.807, 2.05) is 36.4 Å². The van der Waals surface area contributed by atoms with Crippen LogP contribution in [-0.2, 0) is 16.1 Å². The highest BCUT2D eigenvalue weighted by molar-refractivity contribution is 6.32. The fraction of sp³-hybridized carbons (Fsp3) is 0.455. The number of ether oxygens (including phenoxy) is 2. The number of pyridine rings is 1. The number of carboxylic acids is 1. The molecule has 216 valence electrons. The van der Waals surface area contributed by atoms with Crippen LogP contribution < -0.4 is 14.7 Å². The molecule has 0 atom stereocenters. The van der Waals surface area contributed by atoms with Crippen LogP contribution in [0.1, 0.15) is 48.3 Å². The van der Waals surface area contributed by atoms with Crippen molar-refractivity contribution in [1.29, 1.82) is 0 Å². The van der Waals surface area contributed by atoms with Gasteiger partial charge in [0.25, 0.3) is 0 Å². The van der Waals surface area contributed by atoms with Crippen LogP contribution in [-0.4, -0.2) is 61.3 Å². The first kappa shape index (κ1) is 28.0. The predicted octanol–water partition coefficient (Wildman–Crippen LogP) is 4.83. The maximum atomic E-state index is 11.2. The van der Waals surface area contributed by atoms with Crippen molar-refractivity contribution in [3.63, 3.8) is 0 Å². The molecule has 0 unspecified atom stereocenters. The maximum absolute atomic E-state index is 11.2. The van der Waals surface area contributed by atoms with Gasteiger partial charge in [0.2, 0.25) is 0 Å². The Balaban J connectivity index is 1.13. The van der Waals surface area contributed by atoms with Crippen molar-refractivity contribution in [3.05, 3.63) is 76.3 Å². The van der Waals surface area contributed by atoms with Gasteiger partial charge in [-0.3, -0.25) is 4.90 Å². The van der Waals surface area contributed by atoms with Gasteiger partial charge in [0.15, 0.2) is 0 Å². The zero-order valence-electron chi connectivity index (χ0n) is 23.6. The van der Waals surface area contributed by atoms with Crippen molar-refractivity contribution in [2.75, 3.05) is 44.3 Å². The third-order valence-corrected chi connectivity index (χ3v) is 9.30. The molecule has 6 rings (SSSR count). The summed E-state index contributed by atoms with van der Waals surface area (Å²) in [6.07, 6.45) is 3.51. The van der Waals surface area contributed by atoms with E-state index in [2.05, 4.69) is 34.9 Å². The Bertz CT molecular complexity index is 1380. The Morgan fingerprint density at radius 2 is 1.78 bits per heavy atom.